The van der Waals surface area contributed by atoms with Crippen LogP contribution in [0, 0.1) is 0 Å². The Labute approximate surface area is 269 Å². The molecule has 2 aliphatic carbocycles. The molecule has 0 saturated heterocycles. The molecule has 220 valence electrons. The van der Waals surface area contributed by atoms with Crippen molar-refractivity contribution in [2.75, 3.05) is 0 Å². The Hall–Kier alpha value is -5.47. The number of pyridine rings is 1. The standard InChI is InChI=1S/C44H33NO/c1-44(2)37-23-21-32(25-36(37)34-22-24-41-42(43(34)44)35-15-9-10-16-40(35)46-41)28-17-19-29(20-18-28)33-26-38(30-11-5-3-6-12-30)45-39(27-33)31-13-7-4-8-14-31/h3,5-7,9-27H,4,8H2,1-2H3. The smallest absolute Gasteiger partial charge is 0.135 e. The summed E-state index contributed by atoms with van der Waals surface area (Å²) in [6.45, 7) is 4.69. The molecule has 2 nitrogen and oxygen atoms in total. The lowest BCUT2D eigenvalue weighted by molar-refractivity contribution is 0.657. The van der Waals surface area contributed by atoms with E-state index in [2.05, 4.69) is 147 Å². The number of nitrogens with zero attached hydrogens (tertiary/aromatic N) is 1. The number of benzene rings is 5. The third-order valence-corrected chi connectivity index (χ3v) is 9.89. The van der Waals surface area contributed by atoms with Gasteiger partial charge < -0.3 is 4.42 Å². The molecular formula is C44H33NO. The van der Waals surface area contributed by atoms with Crippen LogP contribution in [-0.2, 0) is 5.41 Å². The van der Waals surface area contributed by atoms with Crippen LogP contribution in [0.1, 0.15) is 43.5 Å². The van der Waals surface area contributed by atoms with Gasteiger partial charge in [-0.15, -0.1) is 0 Å². The molecule has 2 heterocycles. The van der Waals surface area contributed by atoms with E-state index in [1.165, 1.54) is 60.9 Å². The highest BCUT2D eigenvalue weighted by molar-refractivity contribution is 6.11. The fraction of sp³-hybridized carbons (Fsp3) is 0.114. The molecule has 0 radical (unpaired) electrons. The Morgan fingerprint density at radius 1 is 0.587 bits per heavy atom. The summed E-state index contributed by atoms with van der Waals surface area (Å²) in [5, 5.41) is 2.43. The van der Waals surface area contributed by atoms with Crippen molar-refractivity contribution < 1.29 is 4.42 Å². The highest BCUT2D eigenvalue weighted by Crippen LogP contribution is 2.53. The molecule has 0 bridgehead atoms. The number of hydrogen-bond donors (Lipinski definition) is 0. The Morgan fingerprint density at radius 3 is 2.13 bits per heavy atom. The van der Waals surface area contributed by atoms with E-state index < -0.39 is 0 Å². The lowest BCUT2D eigenvalue weighted by Gasteiger charge is -2.22. The van der Waals surface area contributed by atoms with E-state index in [1.807, 2.05) is 6.07 Å². The predicted octanol–water partition coefficient (Wildman–Crippen LogP) is 12.0. The number of para-hydroxylation sites is 1. The van der Waals surface area contributed by atoms with Gasteiger partial charge in [0.05, 0.1) is 11.4 Å². The largest absolute Gasteiger partial charge is 0.456 e. The van der Waals surface area contributed by atoms with Crippen molar-refractivity contribution in [3.8, 4) is 44.6 Å². The van der Waals surface area contributed by atoms with E-state index in [9.17, 15) is 0 Å². The molecular weight excluding hydrogens is 558 g/mol. The highest BCUT2D eigenvalue weighted by Gasteiger charge is 2.38. The van der Waals surface area contributed by atoms with Crippen LogP contribution >= 0.6 is 0 Å². The summed E-state index contributed by atoms with van der Waals surface area (Å²) in [4.78, 5) is 5.09. The van der Waals surface area contributed by atoms with Gasteiger partial charge in [0.15, 0.2) is 0 Å². The Balaban J connectivity index is 1.12. The minimum atomic E-state index is -0.127. The quantitative estimate of drug-likeness (QED) is 0.203. The van der Waals surface area contributed by atoms with Gasteiger partial charge in [-0.05, 0) is 93.3 Å². The van der Waals surface area contributed by atoms with Crippen molar-refractivity contribution in [2.45, 2.75) is 32.1 Å². The summed E-state index contributed by atoms with van der Waals surface area (Å²) >= 11 is 0. The molecule has 9 rings (SSSR count). The fourth-order valence-electron chi connectivity index (χ4n) is 7.58. The third-order valence-electron chi connectivity index (χ3n) is 9.89. The summed E-state index contributed by atoms with van der Waals surface area (Å²) in [6, 6.07) is 43.7. The van der Waals surface area contributed by atoms with Gasteiger partial charge >= 0.3 is 0 Å². The lowest BCUT2D eigenvalue weighted by atomic mass is 9.80. The summed E-state index contributed by atoms with van der Waals surface area (Å²) in [5.74, 6) is 0. The van der Waals surface area contributed by atoms with Crippen LogP contribution in [0.3, 0.4) is 0 Å². The molecule has 2 aromatic heterocycles. The minimum Gasteiger partial charge on any atom is -0.456 e. The first kappa shape index (κ1) is 26.9. The van der Waals surface area contributed by atoms with E-state index in [4.69, 9.17) is 9.40 Å². The van der Waals surface area contributed by atoms with Gasteiger partial charge in [-0.1, -0.05) is 123 Å². The summed E-state index contributed by atoms with van der Waals surface area (Å²) in [5.41, 5.74) is 16.3. The average Bonchev–Trinajstić information content (AvgIpc) is 3.60. The first-order valence-electron chi connectivity index (χ1n) is 16.2. The van der Waals surface area contributed by atoms with Crippen LogP contribution in [-0.4, -0.2) is 4.98 Å². The molecule has 0 saturated carbocycles. The minimum absolute atomic E-state index is 0.127. The molecule has 7 aromatic rings. The zero-order valence-electron chi connectivity index (χ0n) is 26.0. The van der Waals surface area contributed by atoms with Crippen molar-refractivity contribution in [3.05, 3.63) is 156 Å². The third kappa shape index (κ3) is 4.21. The van der Waals surface area contributed by atoms with Gasteiger partial charge in [0, 0.05) is 21.8 Å². The van der Waals surface area contributed by atoms with Crippen LogP contribution in [0.15, 0.2) is 144 Å². The monoisotopic (exact) mass is 591 g/mol. The van der Waals surface area contributed by atoms with Crippen molar-refractivity contribution in [1.29, 1.82) is 0 Å². The van der Waals surface area contributed by atoms with E-state index in [-0.39, 0.29) is 5.41 Å². The number of allylic oxidation sites excluding steroid dienone is 4. The van der Waals surface area contributed by atoms with Crippen molar-refractivity contribution in [1.82, 2.24) is 4.98 Å². The van der Waals surface area contributed by atoms with Crippen LogP contribution in [0.5, 0.6) is 0 Å². The van der Waals surface area contributed by atoms with Crippen molar-refractivity contribution in [2.24, 2.45) is 0 Å². The van der Waals surface area contributed by atoms with Crippen LogP contribution in [0.2, 0.25) is 0 Å². The second-order valence-electron chi connectivity index (χ2n) is 13.1. The molecule has 0 amide bonds. The fourth-order valence-corrected chi connectivity index (χ4v) is 7.58. The maximum atomic E-state index is 6.27. The molecule has 0 aliphatic heterocycles. The van der Waals surface area contributed by atoms with Gasteiger partial charge in [0.2, 0.25) is 0 Å². The van der Waals surface area contributed by atoms with E-state index >= 15 is 0 Å². The Kier molecular flexibility index (Phi) is 6.01. The topological polar surface area (TPSA) is 26.0 Å². The molecule has 0 unspecified atom stereocenters. The van der Waals surface area contributed by atoms with Gasteiger partial charge in [-0.2, -0.15) is 0 Å². The van der Waals surface area contributed by atoms with Crippen LogP contribution < -0.4 is 0 Å². The summed E-state index contributed by atoms with van der Waals surface area (Å²) in [7, 11) is 0. The maximum absolute atomic E-state index is 6.27. The number of aromatic nitrogens is 1. The number of hydrogen-bond acceptors (Lipinski definition) is 2. The second-order valence-corrected chi connectivity index (χ2v) is 13.1. The number of furan rings is 1. The van der Waals surface area contributed by atoms with Crippen LogP contribution in [0.4, 0.5) is 0 Å². The summed E-state index contributed by atoms with van der Waals surface area (Å²) in [6.07, 6.45) is 8.90. The van der Waals surface area contributed by atoms with Gasteiger partial charge in [0.1, 0.15) is 11.2 Å². The normalized spacial score (nSPS) is 14.8. The predicted molar refractivity (Wildman–Crippen MR) is 192 cm³/mol. The Morgan fingerprint density at radius 2 is 1.33 bits per heavy atom. The Bertz CT molecular complexity index is 2370. The second kappa shape index (κ2) is 10.3. The number of fused-ring (bicyclic) bond motifs is 7. The number of rotatable bonds is 4. The van der Waals surface area contributed by atoms with Crippen molar-refractivity contribution in [3.63, 3.8) is 0 Å². The lowest BCUT2D eigenvalue weighted by Crippen LogP contribution is -2.15. The molecule has 0 fully saturated rings. The summed E-state index contributed by atoms with van der Waals surface area (Å²) < 4.78 is 6.27. The first-order valence-corrected chi connectivity index (χ1v) is 16.2. The maximum Gasteiger partial charge on any atom is 0.135 e. The van der Waals surface area contributed by atoms with Gasteiger partial charge in [0.25, 0.3) is 0 Å². The van der Waals surface area contributed by atoms with Crippen LogP contribution in [0.25, 0.3) is 72.1 Å². The average molecular weight is 592 g/mol. The molecule has 0 spiro atoms. The van der Waals surface area contributed by atoms with Gasteiger partial charge in [-0.3, -0.25) is 0 Å². The highest BCUT2D eigenvalue weighted by atomic mass is 16.3. The van der Waals surface area contributed by atoms with E-state index in [0.717, 1.165) is 41.0 Å². The van der Waals surface area contributed by atoms with E-state index in [0.29, 0.717) is 0 Å². The SMILES string of the molecule is CC1(C)c2ccc(-c3ccc(-c4cc(C5=CCCC=C5)nc(-c5ccccc5)c4)cc3)cc2-c2ccc3oc4ccccc4c3c21. The molecule has 2 aliphatic rings. The molecule has 2 heteroatoms. The first-order chi connectivity index (χ1) is 22.5. The molecule has 0 N–H and O–H groups in total. The zero-order chi connectivity index (χ0) is 30.8. The molecule has 0 atom stereocenters. The molecule has 5 aromatic carbocycles. The zero-order valence-corrected chi connectivity index (χ0v) is 26.0. The van der Waals surface area contributed by atoms with Gasteiger partial charge in [-0.25, -0.2) is 4.98 Å². The molecule has 46 heavy (non-hydrogen) atoms. The van der Waals surface area contributed by atoms with E-state index in [1.54, 1.807) is 0 Å². The van der Waals surface area contributed by atoms with Crippen molar-refractivity contribution >= 4 is 27.5 Å².